The molecule has 1 saturated carbocycles. The topological polar surface area (TPSA) is 0 Å². The number of hydrogen-bond acceptors (Lipinski definition) is 0. The molecule has 0 radical (unpaired) electrons. The third kappa shape index (κ3) is 3.48. The van der Waals surface area contributed by atoms with Crippen molar-refractivity contribution in [2.45, 2.75) is 38.5 Å². The van der Waals surface area contributed by atoms with Crippen molar-refractivity contribution in [2.24, 2.45) is 5.92 Å². The van der Waals surface area contributed by atoms with E-state index in [4.69, 9.17) is 0 Å². The number of allylic oxidation sites excluding steroid dienone is 1. The van der Waals surface area contributed by atoms with Crippen molar-refractivity contribution in [2.75, 3.05) is 0 Å². The Morgan fingerprint density at radius 2 is 1.81 bits per heavy atom. The fraction of sp³-hybridized carbons (Fsp3) is 0.467. The van der Waals surface area contributed by atoms with Gasteiger partial charge < -0.3 is 0 Å². The van der Waals surface area contributed by atoms with Gasteiger partial charge in [-0.3, -0.25) is 0 Å². The van der Waals surface area contributed by atoms with E-state index >= 15 is 0 Å². The highest BCUT2D eigenvalue weighted by Gasteiger charge is 2.08. The third-order valence-electron chi connectivity index (χ3n) is 3.31. The second-order valence-corrected chi connectivity index (χ2v) is 4.67. The van der Waals surface area contributed by atoms with Gasteiger partial charge in [-0.25, -0.2) is 4.39 Å². The van der Waals surface area contributed by atoms with Crippen LogP contribution in [0.15, 0.2) is 30.3 Å². The summed E-state index contributed by atoms with van der Waals surface area (Å²) in [5.74, 6) is 0.550. The quantitative estimate of drug-likeness (QED) is 0.625. The Hall–Kier alpha value is -1.11. The summed E-state index contributed by atoms with van der Waals surface area (Å²) in [5.41, 5.74) is 0.976. The van der Waals surface area contributed by atoms with Crippen molar-refractivity contribution >= 4 is 6.08 Å². The second kappa shape index (κ2) is 5.83. The summed E-state index contributed by atoms with van der Waals surface area (Å²) in [7, 11) is 0. The highest BCUT2D eigenvalue weighted by Crippen LogP contribution is 2.24. The molecule has 0 bridgehead atoms. The Bertz CT molecular complexity index is 346. The maximum Gasteiger partial charge on any atom is 0.123 e. The van der Waals surface area contributed by atoms with Crippen LogP contribution >= 0.6 is 0 Å². The lowest BCUT2D eigenvalue weighted by atomic mass is 9.99. The fourth-order valence-corrected chi connectivity index (χ4v) is 2.36. The van der Waals surface area contributed by atoms with Crippen molar-refractivity contribution in [3.8, 4) is 0 Å². The Morgan fingerprint density at radius 1 is 1.06 bits per heavy atom. The summed E-state index contributed by atoms with van der Waals surface area (Å²) in [6.45, 7) is 0. The standard InChI is InChI=1S/C15H19F/c16-15-9-5-8-14(12-15)11-10-13-6-3-1-2-4-7-13/h5,8-13H,1-4,6-7H2/b11-10+. The van der Waals surface area contributed by atoms with Crippen LogP contribution < -0.4 is 0 Å². The summed E-state index contributed by atoms with van der Waals surface area (Å²) in [5, 5.41) is 0. The first-order valence-corrected chi connectivity index (χ1v) is 6.28. The van der Waals surface area contributed by atoms with Gasteiger partial charge in [0, 0.05) is 0 Å². The molecule has 2 rings (SSSR count). The molecule has 1 aromatic rings. The zero-order valence-corrected chi connectivity index (χ0v) is 9.66. The zero-order chi connectivity index (χ0) is 11.2. The van der Waals surface area contributed by atoms with Gasteiger partial charge in [0.1, 0.15) is 5.82 Å². The molecule has 0 N–H and O–H groups in total. The number of benzene rings is 1. The van der Waals surface area contributed by atoms with Crippen molar-refractivity contribution in [3.63, 3.8) is 0 Å². The molecule has 86 valence electrons. The van der Waals surface area contributed by atoms with Gasteiger partial charge in [0.2, 0.25) is 0 Å². The molecule has 0 unspecified atom stereocenters. The first-order chi connectivity index (χ1) is 7.84. The molecule has 16 heavy (non-hydrogen) atoms. The first-order valence-electron chi connectivity index (χ1n) is 6.28. The third-order valence-corrected chi connectivity index (χ3v) is 3.31. The number of halogens is 1. The maximum atomic E-state index is 13.0. The molecule has 1 fully saturated rings. The molecular formula is C15H19F. The van der Waals surface area contributed by atoms with Crippen LogP contribution in [0, 0.1) is 11.7 Å². The summed E-state index contributed by atoms with van der Waals surface area (Å²) < 4.78 is 13.0. The average Bonchev–Trinajstić information content (AvgIpc) is 2.55. The summed E-state index contributed by atoms with van der Waals surface area (Å²) in [6, 6.07) is 6.80. The molecule has 0 saturated heterocycles. The monoisotopic (exact) mass is 218 g/mol. The lowest BCUT2D eigenvalue weighted by Gasteiger charge is -2.07. The van der Waals surface area contributed by atoms with Gasteiger partial charge >= 0.3 is 0 Å². The van der Waals surface area contributed by atoms with E-state index in [2.05, 4.69) is 12.2 Å². The largest absolute Gasteiger partial charge is 0.207 e. The molecule has 0 atom stereocenters. The van der Waals surface area contributed by atoms with Crippen LogP contribution in [0.1, 0.15) is 44.1 Å². The summed E-state index contributed by atoms with van der Waals surface area (Å²) in [4.78, 5) is 0. The molecule has 0 nitrogen and oxygen atoms in total. The molecular weight excluding hydrogens is 199 g/mol. The number of rotatable bonds is 2. The minimum absolute atomic E-state index is 0.150. The predicted octanol–water partition coefficient (Wildman–Crippen LogP) is 4.81. The smallest absolute Gasteiger partial charge is 0.123 e. The molecule has 0 amide bonds. The highest BCUT2D eigenvalue weighted by atomic mass is 19.1. The SMILES string of the molecule is Fc1cccc(/C=C/C2CCCCCC2)c1. The van der Waals surface area contributed by atoms with Crippen LogP contribution in [0.2, 0.25) is 0 Å². The van der Waals surface area contributed by atoms with Crippen LogP contribution in [0.25, 0.3) is 6.08 Å². The summed E-state index contributed by atoms with van der Waals surface area (Å²) in [6.07, 6.45) is 12.4. The van der Waals surface area contributed by atoms with E-state index in [0.717, 1.165) is 5.56 Å². The van der Waals surface area contributed by atoms with E-state index in [9.17, 15) is 4.39 Å². The minimum Gasteiger partial charge on any atom is -0.207 e. The minimum atomic E-state index is -0.150. The van der Waals surface area contributed by atoms with Gasteiger partial charge in [-0.05, 0) is 36.5 Å². The first kappa shape index (κ1) is 11.4. The van der Waals surface area contributed by atoms with Gasteiger partial charge in [-0.15, -0.1) is 0 Å². The molecule has 1 aliphatic carbocycles. The number of hydrogen-bond donors (Lipinski definition) is 0. The lowest BCUT2D eigenvalue weighted by molar-refractivity contribution is 0.561. The molecule has 1 aromatic carbocycles. The van der Waals surface area contributed by atoms with Crippen LogP contribution in [-0.4, -0.2) is 0 Å². The Morgan fingerprint density at radius 3 is 2.50 bits per heavy atom. The molecule has 0 aromatic heterocycles. The molecule has 1 aliphatic rings. The lowest BCUT2D eigenvalue weighted by Crippen LogP contribution is -1.92. The Kier molecular flexibility index (Phi) is 4.15. The van der Waals surface area contributed by atoms with Gasteiger partial charge in [-0.1, -0.05) is 50.0 Å². The van der Waals surface area contributed by atoms with Crippen LogP contribution in [0.3, 0.4) is 0 Å². The van der Waals surface area contributed by atoms with Crippen molar-refractivity contribution in [3.05, 3.63) is 41.7 Å². The van der Waals surface area contributed by atoms with Crippen LogP contribution in [-0.2, 0) is 0 Å². The van der Waals surface area contributed by atoms with E-state index in [0.29, 0.717) is 5.92 Å². The average molecular weight is 218 g/mol. The normalized spacial score (nSPS) is 18.8. The van der Waals surface area contributed by atoms with E-state index in [1.54, 1.807) is 12.1 Å². The van der Waals surface area contributed by atoms with Crippen LogP contribution in [0.5, 0.6) is 0 Å². The molecule has 1 heteroatoms. The van der Waals surface area contributed by atoms with E-state index in [-0.39, 0.29) is 5.82 Å². The fourth-order valence-electron chi connectivity index (χ4n) is 2.36. The zero-order valence-electron chi connectivity index (χ0n) is 9.66. The summed E-state index contributed by atoms with van der Waals surface area (Å²) >= 11 is 0. The maximum absolute atomic E-state index is 13.0. The van der Waals surface area contributed by atoms with E-state index in [1.807, 2.05) is 6.07 Å². The molecule has 0 heterocycles. The Labute approximate surface area is 97.2 Å². The van der Waals surface area contributed by atoms with Gasteiger partial charge in [-0.2, -0.15) is 0 Å². The van der Waals surface area contributed by atoms with Crippen molar-refractivity contribution in [1.29, 1.82) is 0 Å². The second-order valence-electron chi connectivity index (χ2n) is 4.67. The molecule has 0 aliphatic heterocycles. The van der Waals surface area contributed by atoms with Crippen molar-refractivity contribution in [1.82, 2.24) is 0 Å². The van der Waals surface area contributed by atoms with E-state index in [1.165, 1.54) is 44.6 Å². The van der Waals surface area contributed by atoms with E-state index < -0.39 is 0 Å². The van der Waals surface area contributed by atoms with Crippen molar-refractivity contribution < 1.29 is 4.39 Å². The predicted molar refractivity (Wildman–Crippen MR) is 66.6 cm³/mol. The molecule has 0 spiro atoms. The van der Waals surface area contributed by atoms with Crippen LogP contribution in [0.4, 0.5) is 4.39 Å². The van der Waals surface area contributed by atoms with Gasteiger partial charge in [0.15, 0.2) is 0 Å². The van der Waals surface area contributed by atoms with Gasteiger partial charge in [0.05, 0.1) is 0 Å². The highest BCUT2D eigenvalue weighted by molar-refractivity contribution is 5.49. The Balaban J connectivity index is 1.97. The van der Waals surface area contributed by atoms with Gasteiger partial charge in [0.25, 0.3) is 0 Å².